The molecule has 0 aliphatic carbocycles. The summed E-state index contributed by atoms with van der Waals surface area (Å²) >= 11 is 0. The number of aryl methyl sites for hydroxylation is 1. The molecule has 0 heterocycles. The van der Waals surface area contributed by atoms with Gasteiger partial charge in [0.05, 0.1) is 9.82 Å². The highest BCUT2D eigenvalue weighted by Crippen LogP contribution is 2.19. The highest BCUT2D eigenvalue weighted by molar-refractivity contribution is 7.99. The maximum absolute atomic E-state index is 13.3. The molecule has 128 valence electrons. The summed E-state index contributed by atoms with van der Waals surface area (Å²) in [7, 11) is -4.74. The molecule has 0 aromatic heterocycles. The van der Waals surface area contributed by atoms with Crippen molar-refractivity contribution in [3.05, 3.63) is 69.5 Å². The third-order valence-electron chi connectivity index (χ3n) is 3.17. The van der Waals surface area contributed by atoms with Gasteiger partial charge in [0.15, 0.2) is 0 Å². The number of non-ortho nitro benzene ring substituents is 1. The van der Waals surface area contributed by atoms with Crippen LogP contribution in [-0.2, 0) is 26.5 Å². The minimum Gasteiger partial charge on any atom is -0.258 e. The van der Waals surface area contributed by atoms with E-state index < -0.39 is 25.6 Å². The zero-order chi connectivity index (χ0) is 17.9. The number of rotatable bonds is 5. The summed E-state index contributed by atoms with van der Waals surface area (Å²) in [5.74, 6) is 0.0537. The van der Waals surface area contributed by atoms with E-state index in [0.717, 1.165) is 29.8 Å². The van der Waals surface area contributed by atoms with E-state index in [9.17, 15) is 22.9 Å². The maximum atomic E-state index is 13.3. The number of nitro groups is 1. The summed E-state index contributed by atoms with van der Waals surface area (Å²) in [6, 6.07) is 9.17. The fraction of sp³-hybridized carbons (Fsp3) is 0.200. The van der Waals surface area contributed by atoms with Crippen LogP contribution in [0.5, 0.6) is 0 Å². The van der Waals surface area contributed by atoms with Crippen molar-refractivity contribution in [1.29, 1.82) is 0 Å². The molecule has 0 spiro atoms. The molecular formula is C15H15FN2O4S2. The summed E-state index contributed by atoms with van der Waals surface area (Å²) in [5, 5.41) is 10.6. The maximum Gasteiger partial charge on any atom is 0.287 e. The van der Waals surface area contributed by atoms with Crippen molar-refractivity contribution in [1.82, 2.24) is 0 Å². The summed E-state index contributed by atoms with van der Waals surface area (Å²) in [6.45, 7) is 1.64. The zero-order valence-corrected chi connectivity index (χ0v) is 14.6. The number of nitrogens with zero attached hydrogens (tertiary/aromatic N) is 2. The second-order valence-corrected chi connectivity index (χ2v) is 8.64. The van der Waals surface area contributed by atoms with Crippen LogP contribution >= 0.6 is 0 Å². The standard InChI is InChI=1S/C15H15FN2O4S2/c1-11-9-12(3-8-15(11)16)10-23(2)17-24(21,22)14-6-4-13(5-7-14)18(19)20/h3-9H,10H2,1-2H3. The van der Waals surface area contributed by atoms with Gasteiger partial charge >= 0.3 is 0 Å². The molecule has 2 aromatic rings. The van der Waals surface area contributed by atoms with Crippen LogP contribution in [0.25, 0.3) is 0 Å². The molecule has 0 saturated heterocycles. The van der Waals surface area contributed by atoms with Crippen molar-refractivity contribution in [3.8, 4) is 0 Å². The van der Waals surface area contributed by atoms with E-state index >= 15 is 0 Å². The molecule has 24 heavy (non-hydrogen) atoms. The molecule has 2 aromatic carbocycles. The lowest BCUT2D eigenvalue weighted by Gasteiger charge is -2.05. The van der Waals surface area contributed by atoms with Crippen molar-refractivity contribution in [3.63, 3.8) is 0 Å². The van der Waals surface area contributed by atoms with Gasteiger partial charge in [-0.1, -0.05) is 22.8 Å². The molecule has 0 N–H and O–H groups in total. The molecular weight excluding hydrogens is 355 g/mol. The molecule has 0 amide bonds. The van der Waals surface area contributed by atoms with E-state index in [1.807, 2.05) is 0 Å². The first kappa shape index (κ1) is 18.2. The number of nitro benzene ring substituents is 1. The molecule has 0 bridgehead atoms. The van der Waals surface area contributed by atoms with Gasteiger partial charge in [-0.15, -0.1) is 3.77 Å². The first-order chi connectivity index (χ1) is 11.2. The predicted octanol–water partition coefficient (Wildman–Crippen LogP) is 3.36. The van der Waals surface area contributed by atoms with E-state index in [-0.39, 0.29) is 16.4 Å². The van der Waals surface area contributed by atoms with Crippen LogP contribution in [0.3, 0.4) is 0 Å². The molecule has 2 rings (SSSR count). The Morgan fingerprint density at radius 1 is 1.21 bits per heavy atom. The average Bonchev–Trinajstić information content (AvgIpc) is 2.50. The Morgan fingerprint density at radius 3 is 2.38 bits per heavy atom. The van der Waals surface area contributed by atoms with E-state index in [0.29, 0.717) is 11.3 Å². The van der Waals surface area contributed by atoms with Gasteiger partial charge < -0.3 is 0 Å². The van der Waals surface area contributed by atoms with E-state index in [2.05, 4.69) is 3.77 Å². The van der Waals surface area contributed by atoms with Crippen molar-refractivity contribution < 1.29 is 17.7 Å². The van der Waals surface area contributed by atoms with Crippen molar-refractivity contribution in [2.75, 3.05) is 6.26 Å². The summed E-state index contributed by atoms with van der Waals surface area (Å²) in [5.41, 5.74) is 1.09. The molecule has 1 unspecified atom stereocenters. The number of hydrogen-bond acceptors (Lipinski definition) is 4. The summed E-state index contributed by atoms with van der Waals surface area (Å²) < 4.78 is 41.6. The fourth-order valence-corrected chi connectivity index (χ4v) is 5.05. The minimum atomic E-state index is -3.90. The Bertz CT molecular complexity index is 910. The lowest BCUT2D eigenvalue weighted by Crippen LogP contribution is -2.02. The van der Waals surface area contributed by atoms with Gasteiger partial charge in [-0.05, 0) is 42.5 Å². The van der Waals surface area contributed by atoms with Crippen LogP contribution < -0.4 is 0 Å². The van der Waals surface area contributed by atoms with Crippen LogP contribution in [0.15, 0.2) is 51.1 Å². The molecule has 0 aliphatic rings. The average molecular weight is 370 g/mol. The van der Waals surface area contributed by atoms with Crippen LogP contribution in [0.1, 0.15) is 11.1 Å². The predicted molar refractivity (Wildman–Crippen MR) is 90.8 cm³/mol. The lowest BCUT2D eigenvalue weighted by molar-refractivity contribution is -0.384. The third-order valence-corrected chi connectivity index (χ3v) is 6.59. The SMILES string of the molecule is Cc1cc(CS(C)=NS(=O)(=O)c2ccc([N+](=O)[O-])cc2)ccc1F. The fourth-order valence-electron chi connectivity index (χ4n) is 2.01. The molecule has 0 fully saturated rings. The van der Waals surface area contributed by atoms with Crippen LogP contribution in [0.4, 0.5) is 10.1 Å². The molecule has 0 radical (unpaired) electrons. The number of sulfonamides is 1. The smallest absolute Gasteiger partial charge is 0.258 e. The minimum absolute atomic E-state index is 0.0947. The normalized spacial score (nSPS) is 13.0. The first-order valence-electron chi connectivity index (χ1n) is 6.79. The third kappa shape index (κ3) is 4.45. The van der Waals surface area contributed by atoms with Gasteiger partial charge in [0.1, 0.15) is 5.82 Å². The van der Waals surface area contributed by atoms with Crippen molar-refractivity contribution in [2.45, 2.75) is 17.6 Å². The second kappa shape index (κ2) is 7.18. The van der Waals surface area contributed by atoms with Gasteiger partial charge in [-0.3, -0.25) is 10.1 Å². The summed E-state index contributed by atoms with van der Waals surface area (Å²) in [6.07, 6.45) is 1.67. The van der Waals surface area contributed by atoms with Crippen molar-refractivity contribution in [2.24, 2.45) is 3.77 Å². The highest BCUT2D eigenvalue weighted by Gasteiger charge is 2.15. The van der Waals surface area contributed by atoms with Gasteiger partial charge in [0, 0.05) is 17.9 Å². The Morgan fingerprint density at radius 2 is 1.83 bits per heavy atom. The molecule has 9 heteroatoms. The van der Waals surface area contributed by atoms with Crippen molar-refractivity contribution >= 4 is 26.4 Å². The Hall–Kier alpha value is -2.13. The Labute approximate surface area is 141 Å². The zero-order valence-electron chi connectivity index (χ0n) is 13.0. The Balaban J connectivity index is 2.23. The van der Waals surface area contributed by atoms with Gasteiger partial charge in [-0.25, -0.2) is 4.39 Å². The van der Waals surface area contributed by atoms with E-state index in [4.69, 9.17) is 0 Å². The first-order valence-corrected chi connectivity index (χ1v) is 9.99. The number of benzene rings is 2. The second-order valence-electron chi connectivity index (χ2n) is 5.13. The van der Waals surface area contributed by atoms with E-state index in [1.165, 1.54) is 6.07 Å². The topological polar surface area (TPSA) is 89.6 Å². The number of halogens is 1. The summed E-state index contributed by atoms with van der Waals surface area (Å²) in [4.78, 5) is 9.90. The van der Waals surface area contributed by atoms with Gasteiger partial charge in [-0.2, -0.15) is 8.42 Å². The highest BCUT2D eigenvalue weighted by atomic mass is 32.3. The van der Waals surface area contributed by atoms with Crippen LogP contribution in [0, 0.1) is 22.9 Å². The van der Waals surface area contributed by atoms with Crippen LogP contribution in [-0.4, -0.2) is 19.6 Å². The molecule has 0 saturated carbocycles. The monoisotopic (exact) mass is 370 g/mol. The largest absolute Gasteiger partial charge is 0.287 e. The van der Waals surface area contributed by atoms with Gasteiger partial charge in [0.2, 0.25) is 0 Å². The van der Waals surface area contributed by atoms with Gasteiger partial charge in [0.25, 0.3) is 15.7 Å². The molecule has 1 atom stereocenters. The molecule has 0 aliphatic heterocycles. The van der Waals surface area contributed by atoms with Crippen LogP contribution in [0.2, 0.25) is 0 Å². The lowest BCUT2D eigenvalue weighted by atomic mass is 10.1. The van der Waals surface area contributed by atoms with E-state index in [1.54, 1.807) is 25.3 Å². The number of hydrogen-bond donors (Lipinski definition) is 0. The quantitative estimate of drug-likeness (QED) is 0.596. The molecule has 6 nitrogen and oxygen atoms in total. The Kier molecular flexibility index (Phi) is 5.45.